The molecule has 5 heteroatoms. The summed E-state index contributed by atoms with van der Waals surface area (Å²) in [6.07, 6.45) is 1.17. The second-order valence-electron chi connectivity index (χ2n) is 3.92. The summed E-state index contributed by atoms with van der Waals surface area (Å²) in [5.41, 5.74) is 1.10. The van der Waals surface area contributed by atoms with Crippen molar-refractivity contribution in [2.24, 2.45) is 4.99 Å². The number of benzene rings is 1. The smallest absolute Gasteiger partial charge is 0.156 e. The van der Waals surface area contributed by atoms with Gasteiger partial charge in [-0.25, -0.2) is 0 Å². The monoisotopic (exact) mass is 266 g/mol. The first-order valence-corrected chi connectivity index (χ1v) is 6.94. The van der Waals surface area contributed by atoms with E-state index in [-0.39, 0.29) is 0 Å². The normalized spacial score (nSPS) is 14.9. The number of methoxy groups -OCH3 is 2. The van der Waals surface area contributed by atoms with Crippen molar-refractivity contribution < 1.29 is 9.47 Å². The molecule has 1 aromatic rings. The van der Waals surface area contributed by atoms with Crippen molar-refractivity contribution in [1.29, 1.82) is 0 Å². The number of amidine groups is 1. The Kier molecular flexibility index (Phi) is 4.75. The third-order valence-electron chi connectivity index (χ3n) is 2.72. The minimum Gasteiger partial charge on any atom is -0.497 e. The fraction of sp³-hybridized carbons (Fsp3) is 0.462. The lowest BCUT2D eigenvalue weighted by atomic mass is 10.2. The molecule has 18 heavy (non-hydrogen) atoms. The van der Waals surface area contributed by atoms with Crippen LogP contribution in [0.25, 0.3) is 0 Å². The Morgan fingerprint density at radius 1 is 1.33 bits per heavy atom. The highest BCUT2D eigenvalue weighted by Crippen LogP contribution is 2.24. The fourth-order valence-electron chi connectivity index (χ4n) is 1.74. The average molecular weight is 266 g/mol. The van der Waals surface area contributed by atoms with Crippen molar-refractivity contribution in [2.75, 3.05) is 26.5 Å². The minimum atomic E-state index is 0.721. The predicted molar refractivity (Wildman–Crippen MR) is 75.8 cm³/mol. The summed E-state index contributed by atoms with van der Waals surface area (Å²) in [7, 11) is 3.32. The maximum absolute atomic E-state index is 5.36. The van der Waals surface area contributed by atoms with Crippen molar-refractivity contribution >= 4 is 16.9 Å². The number of rotatable bonds is 4. The van der Waals surface area contributed by atoms with Gasteiger partial charge in [-0.15, -0.1) is 0 Å². The summed E-state index contributed by atoms with van der Waals surface area (Å²) >= 11 is 1.78. The molecular weight excluding hydrogens is 248 g/mol. The Bertz CT molecular complexity index is 435. The van der Waals surface area contributed by atoms with Crippen LogP contribution in [0.4, 0.5) is 0 Å². The average Bonchev–Trinajstić information content (AvgIpc) is 2.46. The van der Waals surface area contributed by atoms with Crippen LogP contribution in [0.15, 0.2) is 23.2 Å². The van der Waals surface area contributed by atoms with E-state index in [1.54, 1.807) is 26.0 Å². The number of hydrogen-bond donors (Lipinski definition) is 1. The van der Waals surface area contributed by atoms with E-state index in [1.807, 2.05) is 18.2 Å². The zero-order valence-corrected chi connectivity index (χ0v) is 11.5. The molecule has 0 spiro atoms. The molecule has 0 unspecified atom stereocenters. The van der Waals surface area contributed by atoms with Gasteiger partial charge in [0, 0.05) is 30.5 Å². The van der Waals surface area contributed by atoms with Crippen molar-refractivity contribution in [3.63, 3.8) is 0 Å². The molecule has 0 amide bonds. The maximum atomic E-state index is 5.36. The summed E-state index contributed by atoms with van der Waals surface area (Å²) in [6.45, 7) is 1.65. The van der Waals surface area contributed by atoms with Gasteiger partial charge in [-0.05, 0) is 18.6 Å². The predicted octanol–water partition coefficient (Wildman–Crippen LogP) is 2.29. The van der Waals surface area contributed by atoms with Crippen LogP contribution in [-0.2, 0) is 6.54 Å². The number of aliphatic imine (C=N–C) groups is 1. The molecule has 2 rings (SSSR count). The lowest BCUT2D eigenvalue weighted by Gasteiger charge is -2.15. The van der Waals surface area contributed by atoms with E-state index in [0.29, 0.717) is 0 Å². The molecule has 0 radical (unpaired) electrons. The van der Waals surface area contributed by atoms with Gasteiger partial charge in [-0.2, -0.15) is 0 Å². The molecular formula is C13H18N2O2S. The van der Waals surface area contributed by atoms with Crippen LogP contribution in [0, 0.1) is 0 Å². The van der Waals surface area contributed by atoms with E-state index in [1.165, 1.54) is 6.42 Å². The molecule has 0 saturated heterocycles. The second-order valence-corrected chi connectivity index (χ2v) is 5.00. The van der Waals surface area contributed by atoms with Crippen LogP contribution in [0.1, 0.15) is 12.0 Å². The number of nitrogens with one attached hydrogen (secondary N) is 1. The molecule has 1 aliphatic heterocycles. The summed E-state index contributed by atoms with van der Waals surface area (Å²) < 4.78 is 10.5. The van der Waals surface area contributed by atoms with Gasteiger partial charge in [0.1, 0.15) is 11.5 Å². The largest absolute Gasteiger partial charge is 0.497 e. The Labute approximate surface area is 112 Å². The van der Waals surface area contributed by atoms with Crippen LogP contribution >= 0.6 is 11.8 Å². The number of hydrogen-bond acceptors (Lipinski definition) is 5. The first kappa shape index (κ1) is 13.1. The van der Waals surface area contributed by atoms with Crippen molar-refractivity contribution in [1.82, 2.24) is 5.32 Å². The van der Waals surface area contributed by atoms with Gasteiger partial charge in [0.2, 0.25) is 0 Å². The fourth-order valence-corrected chi connectivity index (χ4v) is 2.56. The molecule has 1 aromatic carbocycles. The van der Waals surface area contributed by atoms with Gasteiger partial charge in [-0.1, -0.05) is 11.8 Å². The van der Waals surface area contributed by atoms with E-state index in [9.17, 15) is 0 Å². The Morgan fingerprint density at radius 3 is 2.89 bits per heavy atom. The lowest BCUT2D eigenvalue weighted by Crippen LogP contribution is -2.23. The van der Waals surface area contributed by atoms with Gasteiger partial charge in [0.25, 0.3) is 0 Å². The Balaban J connectivity index is 2.01. The van der Waals surface area contributed by atoms with Crippen molar-refractivity contribution in [3.8, 4) is 11.5 Å². The summed E-state index contributed by atoms with van der Waals surface area (Å²) in [5, 5.41) is 4.37. The molecule has 0 aromatic heterocycles. The van der Waals surface area contributed by atoms with Gasteiger partial charge < -0.3 is 14.8 Å². The van der Waals surface area contributed by atoms with E-state index in [2.05, 4.69) is 10.3 Å². The Hall–Kier alpha value is -1.36. The van der Waals surface area contributed by atoms with Gasteiger partial charge in [0.05, 0.1) is 14.2 Å². The number of ether oxygens (including phenoxy) is 2. The molecule has 0 bridgehead atoms. The van der Waals surface area contributed by atoms with Crippen LogP contribution < -0.4 is 14.8 Å². The zero-order chi connectivity index (χ0) is 12.8. The molecule has 0 atom stereocenters. The zero-order valence-electron chi connectivity index (χ0n) is 10.7. The SMILES string of the molecule is COc1ccc(CNC2=NCCCS2)c(OC)c1. The Morgan fingerprint density at radius 2 is 2.22 bits per heavy atom. The van der Waals surface area contributed by atoms with Crippen LogP contribution in [-0.4, -0.2) is 31.7 Å². The van der Waals surface area contributed by atoms with E-state index < -0.39 is 0 Å². The lowest BCUT2D eigenvalue weighted by molar-refractivity contribution is 0.390. The van der Waals surface area contributed by atoms with Crippen LogP contribution in [0.2, 0.25) is 0 Å². The minimum absolute atomic E-state index is 0.721. The molecule has 1 N–H and O–H groups in total. The second kappa shape index (κ2) is 6.54. The van der Waals surface area contributed by atoms with Gasteiger partial charge >= 0.3 is 0 Å². The highest BCUT2D eigenvalue weighted by Gasteiger charge is 2.08. The maximum Gasteiger partial charge on any atom is 0.156 e. The summed E-state index contributed by atoms with van der Waals surface area (Å²) in [5.74, 6) is 2.79. The number of nitrogens with zero attached hydrogens (tertiary/aromatic N) is 1. The summed E-state index contributed by atoms with van der Waals surface area (Å²) in [4.78, 5) is 4.44. The first-order valence-electron chi connectivity index (χ1n) is 5.95. The molecule has 4 nitrogen and oxygen atoms in total. The molecule has 1 heterocycles. The topological polar surface area (TPSA) is 42.8 Å². The highest BCUT2D eigenvalue weighted by molar-refractivity contribution is 8.13. The summed E-state index contributed by atoms with van der Waals surface area (Å²) in [6, 6.07) is 5.85. The van der Waals surface area contributed by atoms with Gasteiger partial charge in [-0.3, -0.25) is 4.99 Å². The molecule has 0 aliphatic carbocycles. The highest BCUT2D eigenvalue weighted by atomic mass is 32.2. The standard InChI is InChI=1S/C13H18N2O2S/c1-16-11-5-4-10(12(8-11)17-2)9-15-13-14-6-3-7-18-13/h4-5,8H,3,6-7,9H2,1-2H3,(H,14,15). The molecule has 0 saturated carbocycles. The van der Waals surface area contributed by atoms with E-state index in [0.717, 1.165) is 41.1 Å². The van der Waals surface area contributed by atoms with Crippen LogP contribution in [0.3, 0.4) is 0 Å². The van der Waals surface area contributed by atoms with E-state index in [4.69, 9.17) is 9.47 Å². The quantitative estimate of drug-likeness (QED) is 0.908. The molecule has 1 aliphatic rings. The van der Waals surface area contributed by atoms with Crippen molar-refractivity contribution in [2.45, 2.75) is 13.0 Å². The first-order chi connectivity index (χ1) is 8.83. The van der Waals surface area contributed by atoms with Crippen LogP contribution in [0.5, 0.6) is 11.5 Å². The van der Waals surface area contributed by atoms with E-state index >= 15 is 0 Å². The number of thioether (sulfide) groups is 1. The van der Waals surface area contributed by atoms with Gasteiger partial charge in [0.15, 0.2) is 5.17 Å². The van der Waals surface area contributed by atoms with Crippen molar-refractivity contribution in [3.05, 3.63) is 23.8 Å². The molecule has 0 fully saturated rings. The molecule has 98 valence electrons. The third-order valence-corrected chi connectivity index (χ3v) is 3.76. The third kappa shape index (κ3) is 3.32.